The summed E-state index contributed by atoms with van der Waals surface area (Å²) in [5.41, 5.74) is 1.29. The molecule has 0 fully saturated rings. The normalized spacial score (nSPS) is 12.8. The number of carbonyl (C=O) groups is 2. The van der Waals surface area contributed by atoms with Gasteiger partial charge in [-0.2, -0.15) is 0 Å². The number of carbonyl (C=O) groups excluding carboxylic acids is 2. The minimum Gasteiger partial charge on any atom is -0.357 e. The Morgan fingerprint density at radius 2 is 1.80 bits per heavy atom. The van der Waals surface area contributed by atoms with Gasteiger partial charge in [0.05, 0.1) is 21.1 Å². The van der Waals surface area contributed by atoms with Crippen LogP contribution in [-0.4, -0.2) is 48.3 Å². The Hall–Kier alpha value is -4.26. The predicted molar refractivity (Wildman–Crippen MR) is 153 cm³/mol. The topological polar surface area (TPSA) is 165 Å². The van der Waals surface area contributed by atoms with Crippen LogP contribution in [0.2, 0.25) is 0 Å². The van der Waals surface area contributed by atoms with E-state index in [1.165, 1.54) is 42.3 Å². The summed E-state index contributed by atoms with van der Waals surface area (Å²) in [5.74, 6) is -0.807. The zero-order valence-electron chi connectivity index (χ0n) is 23.9. The van der Waals surface area contributed by atoms with Gasteiger partial charge in [0.15, 0.2) is 0 Å². The molecule has 0 aliphatic rings. The van der Waals surface area contributed by atoms with Crippen LogP contribution in [0.4, 0.5) is 11.6 Å². The predicted octanol–water partition coefficient (Wildman–Crippen LogP) is 4.57. The number of nitro groups is 1. The van der Waals surface area contributed by atoms with E-state index < -0.39 is 21.0 Å². The first-order valence-corrected chi connectivity index (χ1v) is 14.7. The van der Waals surface area contributed by atoms with Crippen LogP contribution in [0, 0.1) is 29.9 Å². The van der Waals surface area contributed by atoms with Gasteiger partial charge in [-0.3, -0.25) is 19.7 Å². The Labute approximate surface area is 239 Å². The van der Waals surface area contributed by atoms with Crippen LogP contribution in [0.15, 0.2) is 51.9 Å². The third-order valence-corrected chi connectivity index (χ3v) is 8.51. The first kappa shape index (κ1) is 31.3. The van der Waals surface area contributed by atoms with Crippen molar-refractivity contribution < 1.29 is 27.5 Å². The van der Waals surface area contributed by atoms with E-state index in [-0.39, 0.29) is 58.3 Å². The van der Waals surface area contributed by atoms with Gasteiger partial charge >= 0.3 is 0 Å². The molecule has 2 amide bonds. The van der Waals surface area contributed by atoms with Gasteiger partial charge in [0.25, 0.3) is 15.7 Å². The molecule has 0 saturated carbocycles. The Bertz CT molecular complexity index is 1550. The van der Waals surface area contributed by atoms with Crippen LogP contribution >= 0.6 is 0 Å². The van der Waals surface area contributed by atoms with Crippen molar-refractivity contribution in [3.63, 3.8) is 0 Å². The van der Waals surface area contributed by atoms with E-state index in [0.29, 0.717) is 23.2 Å². The molecule has 0 aliphatic heterocycles. The quantitative estimate of drug-likeness (QED) is 0.230. The van der Waals surface area contributed by atoms with Gasteiger partial charge in [-0.25, -0.2) is 13.1 Å². The van der Waals surface area contributed by atoms with Gasteiger partial charge in [-0.15, -0.1) is 0 Å². The molecule has 2 N–H and O–H groups in total. The van der Waals surface area contributed by atoms with Crippen molar-refractivity contribution in [1.82, 2.24) is 15.4 Å². The lowest BCUT2D eigenvalue weighted by Crippen LogP contribution is -2.51. The summed E-state index contributed by atoms with van der Waals surface area (Å²) in [5, 5.41) is 18.6. The second-order valence-corrected chi connectivity index (χ2v) is 11.4. The number of aromatic nitrogens is 1. The van der Waals surface area contributed by atoms with E-state index in [0.717, 1.165) is 0 Å². The SMILES string of the molecule is CCC(=O)N(Cc1ccc(-c2ccccc2S(=O)(=O)Nc2onc(C)c2C)c([N+](=O)[O-])c1)[C@H](C(=O)NC)[C@@H](C)CC. The van der Waals surface area contributed by atoms with Crippen LogP contribution in [0.5, 0.6) is 0 Å². The maximum Gasteiger partial charge on any atom is 0.277 e. The number of rotatable bonds is 12. The van der Waals surface area contributed by atoms with Crippen molar-refractivity contribution in [2.45, 2.75) is 64.9 Å². The van der Waals surface area contributed by atoms with E-state index in [1.807, 2.05) is 13.8 Å². The summed E-state index contributed by atoms with van der Waals surface area (Å²) < 4.78 is 34.2. The maximum atomic E-state index is 13.4. The number of aryl methyl sites for hydroxylation is 1. The molecule has 1 aromatic heterocycles. The summed E-state index contributed by atoms with van der Waals surface area (Å²) in [7, 11) is -2.73. The summed E-state index contributed by atoms with van der Waals surface area (Å²) in [6.07, 6.45) is 0.781. The van der Waals surface area contributed by atoms with E-state index in [9.17, 15) is 28.1 Å². The number of nitrogens with zero attached hydrogens (tertiary/aromatic N) is 3. The van der Waals surface area contributed by atoms with Gasteiger partial charge in [-0.05, 0) is 37.5 Å². The minimum atomic E-state index is -4.23. The fraction of sp³-hybridized carbons (Fsp3) is 0.393. The monoisotopic (exact) mass is 585 g/mol. The number of sulfonamides is 1. The first-order chi connectivity index (χ1) is 19.4. The van der Waals surface area contributed by atoms with Crippen molar-refractivity contribution in [3.05, 3.63) is 69.4 Å². The molecule has 0 bridgehead atoms. The highest BCUT2D eigenvalue weighted by Crippen LogP contribution is 2.36. The van der Waals surface area contributed by atoms with Gasteiger partial charge in [0, 0.05) is 37.2 Å². The van der Waals surface area contributed by atoms with Gasteiger partial charge < -0.3 is 14.7 Å². The van der Waals surface area contributed by atoms with E-state index >= 15 is 0 Å². The molecule has 0 radical (unpaired) electrons. The molecule has 0 spiro atoms. The van der Waals surface area contributed by atoms with Crippen LogP contribution in [0.1, 0.15) is 50.4 Å². The molecule has 3 aromatic rings. The molecule has 2 aromatic carbocycles. The second-order valence-electron chi connectivity index (χ2n) is 9.75. The Balaban J connectivity index is 2.09. The molecule has 2 atom stereocenters. The molecule has 1 heterocycles. The molecule has 3 rings (SSSR count). The molecule has 0 unspecified atom stereocenters. The van der Waals surface area contributed by atoms with Crippen molar-refractivity contribution in [3.8, 4) is 11.1 Å². The Morgan fingerprint density at radius 1 is 1.12 bits per heavy atom. The van der Waals surface area contributed by atoms with E-state index in [1.54, 1.807) is 32.9 Å². The van der Waals surface area contributed by atoms with Crippen LogP contribution < -0.4 is 10.0 Å². The molecular formula is C28H35N5O7S. The highest BCUT2D eigenvalue weighted by atomic mass is 32.2. The van der Waals surface area contributed by atoms with E-state index in [4.69, 9.17) is 4.52 Å². The molecule has 0 aliphatic carbocycles. The molecule has 12 nitrogen and oxygen atoms in total. The fourth-order valence-corrected chi connectivity index (χ4v) is 5.75. The standard InChI is InChI=1S/C28H35N5O7S/c1-7-17(3)26(27(35)29-6)32(25(34)8-2)16-20-13-14-21(23(15-20)33(36)37)22-11-9-10-12-24(22)41(38,39)31-28-18(4)19(5)30-40-28/h9-15,17,26,31H,7-8,16H2,1-6H3,(H,29,35)/t17-,26-/m0/s1. The van der Waals surface area contributed by atoms with Gasteiger partial charge in [-0.1, -0.05) is 56.6 Å². The summed E-state index contributed by atoms with van der Waals surface area (Å²) in [6, 6.07) is 9.51. The number of hydrogen-bond acceptors (Lipinski definition) is 8. The number of benzene rings is 2. The number of likely N-dealkylation sites (N-methyl/N-ethyl adjacent to an activating group) is 1. The zero-order chi connectivity index (χ0) is 30.5. The maximum absolute atomic E-state index is 13.4. The number of nitrogens with one attached hydrogen (secondary N) is 2. The van der Waals surface area contributed by atoms with E-state index in [2.05, 4.69) is 15.2 Å². The van der Waals surface area contributed by atoms with Crippen molar-refractivity contribution in [2.75, 3.05) is 11.8 Å². The van der Waals surface area contributed by atoms with Crippen LogP contribution in [0.3, 0.4) is 0 Å². The number of anilines is 1. The van der Waals surface area contributed by atoms with Gasteiger partial charge in [0.1, 0.15) is 6.04 Å². The lowest BCUT2D eigenvalue weighted by molar-refractivity contribution is -0.384. The Morgan fingerprint density at radius 3 is 2.37 bits per heavy atom. The minimum absolute atomic E-state index is 0.0398. The molecule has 13 heteroatoms. The average Bonchev–Trinajstić information content (AvgIpc) is 3.27. The Kier molecular flexibility index (Phi) is 9.87. The lowest BCUT2D eigenvalue weighted by Gasteiger charge is -2.34. The molecule has 220 valence electrons. The van der Waals surface area contributed by atoms with Crippen molar-refractivity contribution in [1.29, 1.82) is 0 Å². The summed E-state index contributed by atoms with van der Waals surface area (Å²) in [4.78, 5) is 38.6. The third-order valence-electron chi connectivity index (χ3n) is 7.12. The summed E-state index contributed by atoms with van der Waals surface area (Å²) in [6.45, 7) is 8.76. The molecule has 0 saturated heterocycles. The van der Waals surface area contributed by atoms with Crippen LogP contribution in [-0.2, 0) is 26.2 Å². The highest BCUT2D eigenvalue weighted by Gasteiger charge is 2.33. The number of amides is 2. The average molecular weight is 586 g/mol. The zero-order valence-corrected chi connectivity index (χ0v) is 24.7. The summed E-state index contributed by atoms with van der Waals surface area (Å²) >= 11 is 0. The second kappa shape index (κ2) is 12.9. The highest BCUT2D eigenvalue weighted by molar-refractivity contribution is 7.92. The van der Waals surface area contributed by atoms with Crippen LogP contribution in [0.25, 0.3) is 11.1 Å². The molecule has 41 heavy (non-hydrogen) atoms. The van der Waals surface area contributed by atoms with Crippen molar-refractivity contribution >= 4 is 33.4 Å². The fourth-order valence-electron chi connectivity index (χ4n) is 4.49. The smallest absolute Gasteiger partial charge is 0.277 e. The largest absolute Gasteiger partial charge is 0.357 e. The number of hydrogen-bond donors (Lipinski definition) is 2. The third kappa shape index (κ3) is 6.73. The van der Waals surface area contributed by atoms with Crippen molar-refractivity contribution in [2.24, 2.45) is 5.92 Å². The molecular weight excluding hydrogens is 550 g/mol. The van der Waals surface area contributed by atoms with Gasteiger partial charge in [0.2, 0.25) is 17.7 Å². The number of nitro benzene ring substituents is 1. The first-order valence-electron chi connectivity index (χ1n) is 13.2. The lowest BCUT2D eigenvalue weighted by atomic mass is 9.95.